The largest absolute Gasteiger partial charge is 0.339 e. The molecule has 2 rings (SSSR count). The molecule has 0 bridgehead atoms. The van der Waals surface area contributed by atoms with E-state index in [0.29, 0.717) is 5.92 Å². The van der Waals surface area contributed by atoms with E-state index in [-0.39, 0.29) is 23.1 Å². The molecule has 1 fully saturated rings. The minimum atomic E-state index is -0.317. The molecule has 0 radical (unpaired) electrons. The van der Waals surface area contributed by atoms with Crippen molar-refractivity contribution in [2.24, 2.45) is 5.92 Å². The summed E-state index contributed by atoms with van der Waals surface area (Å²) in [6.45, 7) is 2.03. The number of hydrogen-bond acceptors (Lipinski definition) is 2. The van der Waals surface area contributed by atoms with Crippen molar-refractivity contribution in [3.63, 3.8) is 0 Å². The normalized spacial score (nSPS) is 16.9. The van der Waals surface area contributed by atoms with Gasteiger partial charge in [0, 0.05) is 19.3 Å². The first kappa shape index (κ1) is 10.9. The molecule has 1 aliphatic carbocycles. The van der Waals surface area contributed by atoms with E-state index in [1.54, 1.807) is 24.1 Å². The Kier molecular flexibility index (Phi) is 2.81. The molecule has 0 aliphatic heterocycles. The molecule has 1 amide bonds. The monoisotopic (exact) mass is 220 g/mol. The molecule has 16 heavy (non-hydrogen) atoms. The highest BCUT2D eigenvalue weighted by atomic mass is 16.2. The second kappa shape index (κ2) is 4.12. The number of aromatic amines is 1. The van der Waals surface area contributed by atoms with Crippen LogP contribution in [0.4, 0.5) is 0 Å². The fraction of sp³-hybridized carbons (Fsp3) is 0.500. The van der Waals surface area contributed by atoms with Gasteiger partial charge in [0.05, 0.1) is 0 Å². The smallest absolute Gasteiger partial charge is 0.260 e. The van der Waals surface area contributed by atoms with Crippen LogP contribution in [0.25, 0.3) is 0 Å². The topological polar surface area (TPSA) is 53.2 Å². The average Bonchev–Trinajstić information content (AvgIpc) is 3.11. The summed E-state index contributed by atoms with van der Waals surface area (Å²) in [7, 11) is 1.76. The van der Waals surface area contributed by atoms with E-state index in [2.05, 4.69) is 4.98 Å². The van der Waals surface area contributed by atoms with Crippen molar-refractivity contribution in [3.05, 3.63) is 34.2 Å². The summed E-state index contributed by atoms with van der Waals surface area (Å²) < 4.78 is 0. The van der Waals surface area contributed by atoms with E-state index in [0.717, 1.165) is 0 Å². The lowest BCUT2D eigenvalue weighted by molar-refractivity contribution is 0.0725. The molecule has 1 aromatic heterocycles. The van der Waals surface area contributed by atoms with E-state index in [1.807, 2.05) is 6.92 Å². The number of aromatic nitrogens is 1. The Morgan fingerprint density at radius 2 is 2.25 bits per heavy atom. The van der Waals surface area contributed by atoms with Gasteiger partial charge in [-0.15, -0.1) is 0 Å². The number of nitrogens with zero attached hydrogens (tertiary/aromatic N) is 1. The van der Waals surface area contributed by atoms with Gasteiger partial charge in [-0.05, 0) is 37.8 Å². The van der Waals surface area contributed by atoms with Crippen LogP contribution in [-0.2, 0) is 0 Å². The second-order valence-electron chi connectivity index (χ2n) is 4.41. The highest BCUT2D eigenvalue weighted by Gasteiger charge is 2.33. The number of pyridine rings is 1. The van der Waals surface area contributed by atoms with Gasteiger partial charge in [0.1, 0.15) is 5.56 Å². The third-order valence-corrected chi connectivity index (χ3v) is 3.28. The number of carbonyl (C=O) groups is 1. The van der Waals surface area contributed by atoms with Crippen LogP contribution < -0.4 is 5.56 Å². The minimum absolute atomic E-state index is 0.193. The van der Waals surface area contributed by atoms with E-state index >= 15 is 0 Å². The average molecular weight is 220 g/mol. The third kappa shape index (κ3) is 2.01. The Bertz CT molecular complexity index is 448. The molecule has 4 nitrogen and oxygen atoms in total. The van der Waals surface area contributed by atoms with Gasteiger partial charge in [-0.3, -0.25) is 9.59 Å². The van der Waals surface area contributed by atoms with E-state index < -0.39 is 0 Å². The second-order valence-corrected chi connectivity index (χ2v) is 4.41. The van der Waals surface area contributed by atoms with Crippen molar-refractivity contribution in [1.82, 2.24) is 9.88 Å². The van der Waals surface area contributed by atoms with Gasteiger partial charge in [-0.1, -0.05) is 0 Å². The van der Waals surface area contributed by atoms with Crippen molar-refractivity contribution in [2.75, 3.05) is 7.05 Å². The highest BCUT2D eigenvalue weighted by molar-refractivity contribution is 5.93. The summed E-state index contributed by atoms with van der Waals surface area (Å²) in [5.74, 6) is 0.415. The summed E-state index contributed by atoms with van der Waals surface area (Å²) in [6.07, 6.45) is 3.90. The number of H-pyrrole nitrogens is 1. The fourth-order valence-corrected chi connectivity index (χ4v) is 1.86. The molecule has 1 aromatic rings. The molecule has 0 aromatic carbocycles. The zero-order chi connectivity index (χ0) is 11.7. The third-order valence-electron chi connectivity index (χ3n) is 3.28. The lowest BCUT2D eigenvalue weighted by atomic mass is 10.1. The Morgan fingerprint density at radius 3 is 2.81 bits per heavy atom. The fourth-order valence-electron chi connectivity index (χ4n) is 1.86. The maximum absolute atomic E-state index is 12.0. The molecule has 4 heteroatoms. The van der Waals surface area contributed by atoms with Gasteiger partial charge < -0.3 is 9.88 Å². The van der Waals surface area contributed by atoms with Crippen LogP contribution >= 0.6 is 0 Å². The molecule has 1 heterocycles. The Labute approximate surface area is 94.3 Å². The molecule has 1 saturated carbocycles. The summed E-state index contributed by atoms with van der Waals surface area (Å²) in [6, 6.07) is 3.45. The first-order valence-electron chi connectivity index (χ1n) is 5.56. The molecule has 0 saturated heterocycles. The first-order chi connectivity index (χ1) is 7.61. The van der Waals surface area contributed by atoms with Gasteiger partial charge in [0.25, 0.3) is 11.5 Å². The van der Waals surface area contributed by atoms with Crippen molar-refractivity contribution in [2.45, 2.75) is 25.8 Å². The Morgan fingerprint density at radius 1 is 1.56 bits per heavy atom. The van der Waals surface area contributed by atoms with Crippen molar-refractivity contribution in [3.8, 4) is 0 Å². The van der Waals surface area contributed by atoms with Crippen molar-refractivity contribution in [1.29, 1.82) is 0 Å². The predicted molar refractivity (Wildman–Crippen MR) is 61.3 cm³/mol. The molecular weight excluding hydrogens is 204 g/mol. The molecule has 1 N–H and O–H groups in total. The number of rotatable bonds is 3. The lowest BCUT2D eigenvalue weighted by Gasteiger charge is -2.24. The molecule has 0 spiro atoms. The lowest BCUT2D eigenvalue weighted by Crippen LogP contribution is -2.38. The summed E-state index contributed by atoms with van der Waals surface area (Å²) in [5.41, 5.74) is -0.0974. The SMILES string of the molecule is C[C@@H](C1CC1)N(C)C(=O)c1ccc[nH]c1=O. The van der Waals surface area contributed by atoms with Crippen LogP contribution in [0.1, 0.15) is 30.1 Å². The molecule has 0 unspecified atom stereocenters. The highest BCUT2D eigenvalue weighted by Crippen LogP contribution is 2.34. The Hall–Kier alpha value is -1.58. The number of amides is 1. The zero-order valence-electron chi connectivity index (χ0n) is 9.56. The maximum atomic E-state index is 12.0. The molecule has 1 aliphatic rings. The first-order valence-corrected chi connectivity index (χ1v) is 5.56. The predicted octanol–water partition coefficient (Wildman–Crippen LogP) is 1.25. The summed E-state index contributed by atoms with van der Waals surface area (Å²) in [5, 5.41) is 0. The van der Waals surface area contributed by atoms with E-state index in [1.165, 1.54) is 19.0 Å². The number of carbonyl (C=O) groups excluding carboxylic acids is 1. The number of nitrogens with one attached hydrogen (secondary N) is 1. The molecule has 86 valence electrons. The van der Waals surface area contributed by atoms with Gasteiger partial charge in [-0.2, -0.15) is 0 Å². The quantitative estimate of drug-likeness (QED) is 0.833. The Balaban J connectivity index is 2.18. The summed E-state index contributed by atoms with van der Waals surface area (Å²) in [4.78, 5) is 27.7. The van der Waals surface area contributed by atoms with Gasteiger partial charge >= 0.3 is 0 Å². The van der Waals surface area contributed by atoms with Crippen molar-refractivity contribution >= 4 is 5.91 Å². The van der Waals surface area contributed by atoms with Crippen molar-refractivity contribution < 1.29 is 4.79 Å². The van der Waals surface area contributed by atoms with Crippen LogP contribution in [0.15, 0.2) is 23.1 Å². The minimum Gasteiger partial charge on any atom is -0.339 e. The van der Waals surface area contributed by atoms with Crippen LogP contribution in [-0.4, -0.2) is 28.9 Å². The van der Waals surface area contributed by atoms with E-state index in [9.17, 15) is 9.59 Å². The summed E-state index contributed by atoms with van der Waals surface area (Å²) >= 11 is 0. The van der Waals surface area contributed by atoms with E-state index in [4.69, 9.17) is 0 Å². The molecule has 1 atom stereocenters. The van der Waals surface area contributed by atoms with Crippen LogP contribution in [0, 0.1) is 5.92 Å². The van der Waals surface area contributed by atoms with Crippen LogP contribution in [0.5, 0.6) is 0 Å². The van der Waals surface area contributed by atoms with Gasteiger partial charge in [0.15, 0.2) is 0 Å². The standard InChI is InChI=1S/C12H16N2O2/c1-8(9-5-6-9)14(2)12(16)10-4-3-7-13-11(10)15/h3-4,7-9H,5-6H2,1-2H3,(H,13,15)/t8-/m0/s1. The molecular formula is C12H16N2O2. The van der Waals surface area contributed by atoms with Gasteiger partial charge in [-0.25, -0.2) is 0 Å². The zero-order valence-corrected chi connectivity index (χ0v) is 9.56. The maximum Gasteiger partial charge on any atom is 0.260 e. The van der Waals surface area contributed by atoms with Crippen LogP contribution in [0.2, 0.25) is 0 Å². The van der Waals surface area contributed by atoms with Gasteiger partial charge in [0.2, 0.25) is 0 Å². The van der Waals surface area contributed by atoms with Crippen LogP contribution in [0.3, 0.4) is 0 Å². The number of hydrogen-bond donors (Lipinski definition) is 1.